The molecule has 2 nitrogen and oxygen atoms in total. The van der Waals surface area contributed by atoms with E-state index in [0.29, 0.717) is 10.0 Å². The van der Waals surface area contributed by atoms with Crippen LogP contribution in [0.4, 0.5) is 0 Å². The fourth-order valence-electron chi connectivity index (χ4n) is 1.56. The largest absolute Gasteiger partial charge is 0.400 e. The van der Waals surface area contributed by atoms with Crippen LogP contribution in [0, 0.1) is 0 Å². The van der Waals surface area contributed by atoms with Crippen LogP contribution in [-0.2, 0) is 13.1 Å². The highest BCUT2D eigenvalue weighted by Gasteiger charge is 2.16. The van der Waals surface area contributed by atoms with E-state index in [1.807, 2.05) is 32.9 Å². The van der Waals surface area contributed by atoms with Crippen molar-refractivity contribution in [2.75, 3.05) is 14.2 Å². The van der Waals surface area contributed by atoms with E-state index >= 15 is 0 Å². The minimum atomic E-state index is 0.658. The van der Waals surface area contributed by atoms with E-state index in [1.54, 1.807) is 6.08 Å². The molecule has 2 rings (SSSR count). The van der Waals surface area contributed by atoms with Crippen LogP contribution in [0.15, 0.2) is 24.8 Å². The third-order valence-electron chi connectivity index (χ3n) is 2.12. The van der Waals surface area contributed by atoms with Gasteiger partial charge >= 0.3 is 0 Å². The number of allylic oxidation sites excluding steroid dienone is 1. The lowest BCUT2D eigenvalue weighted by Crippen LogP contribution is -2.07. The van der Waals surface area contributed by atoms with Crippen LogP contribution in [0.25, 0.3) is 0 Å². The maximum absolute atomic E-state index is 7.00. The van der Waals surface area contributed by atoms with Crippen molar-refractivity contribution in [1.29, 1.82) is 0 Å². The van der Waals surface area contributed by atoms with Gasteiger partial charge in [0.25, 0.3) is 0 Å². The zero-order chi connectivity index (χ0) is 15.4. The van der Waals surface area contributed by atoms with Crippen molar-refractivity contribution >= 4 is 23.2 Å². The minimum Gasteiger partial charge on any atom is -0.400 e. The first kappa shape index (κ1) is 20.8. The molecular formula is C15H25Cl2NO. The van der Waals surface area contributed by atoms with Crippen molar-refractivity contribution in [2.45, 2.75) is 33.9 Å². The van der Waals surface area contributed by atoms with Gasteiger partial charge in [0.15, 0.2) is 0 Å². The highest BCUT2D eigenvalue weighted by molar-refractivity contribution is 6.42. The predicted octanol–water partition coefficient (Wildman–Crippen LogP) is 4.77. The van der Waals surface area contributed by atoms with Gasteiger partial charge in [0.05, 0.1) is 10.0 Å². The zero-order valence-corrected chi connectivity index (χ0v) is 14.0. The first-order valence-electron chi connectivity index (χ1n) is 6.25. The molecule has 19 heavy (non-hydrogen) atoms. The Balaban J connectivity index is 0. The Morgan fingerprint density at radius 3 is 1.63 bits per heavy atom. The summed E-state index contributed by atoms with van der Waals surface area (Å²) in [4.78, 5) is 2.23. The van der Waals surface area contributed by atoms with Crippen LogP contribution >= 0.6 is 23.2 Å². The molecule has 1 aromatic carbocycles. The Labute approximate surface area is 127 Å². The molecule has 1 N–H and O–H groups in total. The highest BCUT2D eigenvalue weighted by atomic mass is 35.5. The number of benzene rings is 1. The molecule has 0 amide bonds. The second-order valence-electron chi connectivity index (χ2n) is 3.62. The average molecular weight is 306 g/mol. The molecule has 1 heterocycles. The van der Waals surface area contributed by atoms with Gasteiger partial charge in [-0.3, -0.25) is 4.90 Å². The number of aliphatic hydroxyl groups excluding tert-OH is 1. The molecule has 0 unspecified atom stereocenters. The number of rotatable bonds is 0. The second-order valence-corrected chi connectivity index (χ2v) is 4.43. The molecule has 0 atom stereocenters. The van der Waals surface area contributed by atoms with Gasteiger partial charge in [0, 0.05) is 20.2 Å². The van der Waals surface area contributed by atoms with Crippen LogP contribution in [0.1, 0.15) is 31.9 Å². The Morgan fingerprint density at radius 1 is 1.11 bits per heavy atom. The van der Waals surface area contributed by atoms with E-state index < -0.39 is 0 Å². The van der Waals surface area contributed by atoms with Crippen molar-refractivity contribution < 1.29 is 5.11 Å². The van der Waals surface area contributed by atoms with Crippen LogP contribution < -0.4 is 0 Å². The Bertz CT molecular complexity index is 336. The van der Waals surface area contributed by atoms with Crippen LogP contribution in [0.3, 0.4) is 0 Å². The number of halogens is 2. The molecule has 0 spiro atoms. The van der Waals surface area contributed by atoms with Gasteiger partial charge in [-0.1, -0.05) is 43.1 Å². The fraction of sp³-hybridized carbons (Fsp3) is 0.467. The molecule has 0 saturated heterocycles. The highest BCUT2D eigenvalue weighted by Crippen LogP contribution is 2.30. The average Bonchev–Trinajstić information content (AvgIpc) is 2.75. The van der Waals surface area contributed by atoms with Crippen LogP contribution in [0.5, 0.6) is 0 Å². The lowest BCUT2D eigenvalue weighted by Gasteiger charge is -2.02. The number of nitrogens with zero attached hydrogens (tertiary/aromatic N) is 1. The summed E-state index contributed by atoms with van der Waals surface area (Å²) in [7, 11) is 3.09. The minimum absolute atomic E-state index is 0.658. The first-order valence-corrected chi connectivity index (χ1v) is 7.01. The molecule has 0 saturated carbocycles. The van der Waals surface area contributed by atoms with Crippen LogP contribution in [0.2, 0.25) is 10.0 Å². The lowest BCUT2D eigenvalue weighted by molar-refractivity contribution is 0.353. The summed E-state index contributed by atoms with van der Waals surface area (Å²) in [5.41, 5.74) is 2.60. The molecule has 1 aromatic rings. The summed E-state index contributed by atoms with van der Waals surface area (Å²) in [6.07, 6.45) is 1.75. The summed E-state index contributed by atoms with van der Waals surface area (Å²) in [5, 5.41) is 8.32. The van der Waals surface area contributed by atoms with Gasteiger partial charge in [0.1, 0.15) is 0 Å². The number of hydrogen-bond donors (Lipinski definition) is 1. The second kappa shape index (κ2) is 12.5. The maximum Gasteiger partial charge on any atom is 0.0595 e. The molecule has 1 aliphatic rings. The van der Waals surface area contributed by atoms with E-state index in [4.69, 9.17) is 28.3 Å². The molecule has 0 fully saturated rings. The topological polar surface area (TPSA) is 23.5 Å². The monoisotopic (exact) mass is 305 g/mol. The molecule has 4 heteroatoms. The van der Waals surface area contributed by atoms with Crippen LogP contribution in [-0.4, -0.2) is 24.2 Å². The maximum atomic E-state index is 7.00. The van der Waals surface area contributed by atoms with Crippen molar-refractivity contribution in [3.05, 3.63) is 46.0 Å². The molecule has 110 valence electrons. The van der Waals surface area contributed by atoms with Gasteiger partial charge in [-0.25, -0.2) is 0 Å². The van der Waals surface area contributed by atoms with Gasteiger partial charge < -0.3 is 5.11 Å². The van der Waals surface area contributed by atoms with Crippen molar-refractivity contribution in [1.82, 2.24) is 4.90 Å². The Hall–Kier alpha value is -0.540. The predicted molar refractivity (Wildman–Crippen MR) is 87.0 cm³/mol. The first-order chi connectivity index (χ1) is 9.08. The summed E-state index contributed by atoms with van der Waals surface area (Å²) < 4.78 is 0. The van der Waals surface area contributed by atoms with Crippen molar-refractivity contribution in [2.24, 2.45) is 0 Å². The third-order valence-corrected chi connectivity index (χ3v) is 2.85. The summed E-state index contributed by atoms with van der Waals surface area (Å²) >= 11 is 11.8. The van der Waals surface area contributed by atoms with Gasteiger partial charge in [-0.15, -0.1) is 6.58 Å². The molecule has 1 aliphatic heterocycles. The van der Waals surface area contributed by atoms with Crippen molar-refractivity contribution in [3.8, 4) is 0 Å². The van der Waals surface area contributed by atoms with E-state index in [1.165, 1.54) is 11.1 Å². The third kappa shape index (κ3) is 7.58. The standard InChI is InChI=1S/C9H9Cl2N.C3H6.C2H6.CH4O/c1-12-4-6-2-8(10)9(11)3-7(6)5-12;1-3-2;2*1-2/h2-3H,4-5H2,1H3;3H,1H2,2H3;1-2H3;2H,1H3. The molecular weight excluding hydrogens is 281 g/mol. The van der Waals surface area contributed by atoms with Gasteiger partial charge in [0.2, 0.25) is 0 Å². The normalized spacial score (nSPS) is 11.8. The summed E-state index contributed by atoms with van der Waals surface area (Å²) in [6.45, 7) is 11.2. The number of fused-ring (bicyclic) bond motifs is 1. The van der Waals surface area contributed by atoms with Gasteiger partial charge in [-0.2, -0.15) is 0 Å². The van der Waals surface area contributed by atoms with E-state index in [-0.39, 0.29) is 0 Å². The molecule has 0 bridgehead atoms. The zero-order valence-electron chi connectivity index (χ0n) is 12.5. The van der Waals surface area contributed by atoms with E-state index in [9.17, 15) is 0 Å². The smallest absolute Gasteiger partial charge is 0.0595 e. The van der Waals surface area contributed by atoms with E-state index in [0.717, 1.165) is 20.2 Å². The quantitative estimate of drug-likeness (QED) is 0.698. The summed E-state index contributed by atoms with van der Waals surface area (Å²) in [6, 6.07) is 3.92. The number of hydrogen-bond acceptors (Lipinski definition) is 2. The van der Waals surface area contributed by atoms with Gasteiger partial charge in [-0.05, 0) is 37.2 Å². The van der Waals surface area contributed by atoms with E-state index in [2.05, 4.69) is 18.5 Å². The lowest BCUT2D eigenvalue weighted by atomic mass is 10.1. The fourth-order valence-corrected chi connectivity index (χ4v) is 1.93. The number of aliphatic hydroxyl groups is 1. The molecule has 0 aromatic heterocycles. The Morgan fingerprint density at radius 2 is 1.37 bits per heavy atom. The summed E-state index contributed by atoms with van der Waals surface area (Å²) in [5.74, 6) is 0. The SMILES string of the molecule is C=CC.CC.CN1Cc2cc(Cl)c(Cl)cc2C1.CO. The molecule has 0 aliphatic carbocycles. The molecule has 0 radical (unpaired) electrons. The Kier molecular flexibility index (Phi) is 13.7. The van der Waals surface area contributed by atoms with Crippen molar-refractivity contribution in [3.63, 3.8) is 0 Å².